The summed E-state index contributed by atoms with van der Waals surface area (Å²) in [6.07, 6.45) is -1.39. The third-order valence-corrected chi connectivity index (χ3v) is 3.96. The molecule has 0 bridgehead atoms. The molecule has 0 saturated carbocycles. The second kappa shape index (κ2) is 9.27. The molecule has 2 aromatic rings. The number of amides is 1. The van der Waals surface area contributed by atoms with Crippen molar-refractivity contribution in [2.75, 3.05) is 6.54 Å². The van der Waals surface area contributed by atoms with E-state index in [4.69, 9.17) is 16.7 Å². The Morgan fingerprint density at radius 2 is 1.71 bits per heavy atom. The first-order valence-corrected chi connectivity index (χ1v) is 8.09. The molecule has 24 heavy (non-hydrogen) atoms. The number of carboxylic acid groups (broad SMARTS) is 1. The summed E-state index contributed by atoms with van der Waals surface area (Å²) in [6.45, 7) is 0.527. The second-order valence-corrected chi connectivity index (χ2v) is 5.99. The molecule has 2 aromatic carbocycles. The molecule has 0 fully saturated rings. The molecule has 0 spiro atoms. The van der Waals surface area contributed by atoms with Gasteiger partial charge in [0.25, 0.3) is 0 Å². The largest absolute Gasteiger partial charge is 0.465 e. The van der Waals surface area contributed by atoms with Gasteiger partial charge < -0.3 is 20.8 Å². The fourth-order valence-corrected chi connectivity index (χ4v) is 2.52. The van der Waals surface area contributed by atoms with Gasteiger partial charge in [-0.15, -0.1) is 0 Å². The number of hydrogen-bond acceptors (Lipinski definition) is 3. The quantitative estimate of drug-likeness (QED) is 0.591. The molecule has 0 heterocycles. The van der Waals surface area contributed by atoms with Crippen LogP contribution in [0.1, 0.15) is 11.1 Å². The minimum atomic E-state index is -1.15. The lowest BCUT2D eigenvalue weighted by atomic mass is 10.0. The van der Waals surface area contributed by atoms with E-state index in [1.165, 1.54) is 0 Å². The molecule has 0 aromatic heterocycles. The maximum atomic E-state index is 10.6. The summed E-state index contributed by atoms with van der Waals surface area (Å²) in [5.41, 5.74) is 2.11. The van der Waals surface area contributed by atoms with E-state index < -0.39 is 12.2 Å². The van der Waals surface area contributed by atoms with Crippen LogP contribution in [0.3, 0.4) is 0 Å². The molecule has 128 valence electrons. The number of nitrogens with one attached hydrogen (secondary N) is 2. The third-order valence-electron chi connectivity index (χ3n) is 3.71. The highest BCUT2D eigenvalue weighted by molar-refractivity contribution is 6.30. The highest BCUT2D eigenvalue weighted by Gasteiger charge is 2.20. The Kier molecular flexibility index (Phi) is 7.06. The molecule has 2 rings (SSSR count). The minimum absolute atomic E-state index is 0.0273. The summed E-state index contributed by atoms with van der Waals surface area (Å²) in [4.78, 5) is 10.6. The van der Waals surface area contributed by atoms with Crippen LogP contribution >= 0.6 is 11.6 Å². The van der Waals surface area contributed by atoms with Gasteiger partial charge in [-0.1, -0.05) is 54.1 Å². The zero-order valence-electron chi connectivity index (χ0n) is 13.2. The Morgan fingerprint density at radius 1 is 1.04 bits per heavy atom. The van der Waals surface area contributed by atoms with Gasteiger partial charge in [0.05, 0.1) is 6.10 Å². The van der Waals surface area contributed by atoms with Crippen molar-refractivity contribution in [2.45, 2.75) is 25.1 Å². The van der Waals surface area contributed by atoms with E-state index >= 15 is 0 Å². The number of benzene rings is 2. The Balaban J connectivity index is 2.00. The van der Waals surface area contributed by atoms with Crippen LogP contribution in [-0.2, 0) is 13.0 Å². The third kappa shape index (κ3) is 6.20. The van der Waals surface area contributed by atoms with Crippen molar-refractivity contribution in [3.05, 3.63) is 70.7 Å². The summed E-state index contributed by atoms with van der Waals surface area (Å²) >= 11 is 5.88. The number of aliphatic hydroxyl groups is 1. The number of carbonyl (C=O) groups is 1. The lowest BCUT2D eigenvalue weighted by Crippen LogP contribution is -2.47. The molecule has 1 unspecified atom stereocenters. The smallest absolute Gasteiger partial charge is 0.404 e. The van der Waals surface area contributed by atoms with Crippen LogP contribution < -0.4 is 10.6 Å². The van der Waals surface area contributed by atoms with Gasteiger partial charge >= 0.3 is 6.09 Å². The fourth-order valence-electron chi connectivity index (χ4n) is 2.40. The van der Waals surface area contributed by atoms with Crippen LogP contribution in [0.5, 0.6) is 0 Å². The molecular formula is C18H21ClN2O3. The van der Waals surface area contributed by atoms with Crippen molar-refractivity contribution in [3.8, 4) is 0 Å². The van der Waals surface area contributed by atoms with Crippen molar-refractivity contribution in [1.29, 1.82) is 0 Å². The van der Waals surface area contributed by atoms with Gasteiger partial charge in [-0.05, 0) is 29.7 Å². The van der Waals surface area contributed by atoms with E-state index in [9.17, 15) is 9.90 Å². The molecule has 0 aliphatic rings. The van der Waals surface area contributed by atoms with Crippen LogP contribution in [-0.4, -0.2) is 35.0 Å². The molecule has 1 amide bonds. The SMILES string of the molecule is O=C(O)NC[C@@H](O)C(Cc1ccccc1)NCc1ccc(Cl)cc1. The van der Waals surface area contributed by atoms with Crippen molar-refractivity contribution in [3.63, 3.8) is 0 Å². The maximum Gasteiger partial charge on any atom is 0.404 e. The van der Waals surface area contributed by atoms with E-state index in [-0.39, 0.29) is 12.6 Å². The van der Waals surface area contributed by atoms with Crippen LogP contribution in [0.25, 0.3) is 0 Å². The Labute approximate surface area is 146 Å². The molecule has 0 saturated heterocycles. The summed E-state index contributed by atoms with van der Waals surface area (Å²) in [5.74, 6) is 0. The Bertz CT molecular complexity index is 634. The molecule has 5 nitrogen and oxygen atoms in total. The van der Waals surface area contributed by atoms with Gasteiger partial charge in [-0.3, -0.25) is 0 Å². The fraction of sp³-hybridized carbons (Fsp3) is 0.278. The first-order valence-electron chi connectivity index (χ1n) is 7.71. The molecule has 2 atom stereocenters. The number of halogens is 1. The van der Waals surface area contributed by atoms with Crippen molar-refractivity contribution < 1.29 is 15.0 Å². The van der Waals surface area contributed by atoms with Crippen molar-refractivity contribution >= 4 is 17.7 Å². The lowest BCUT2D eigenvalue weighted by Gasteiger charge is -2.24. The topological polar surface area (TPSA) is 81.6 Å². The molecule has 0 radical (unpaired) electrons. The van der Waals surface area contributed by atoms with E-state index in [1.54, 1.807) is 0 Å². The van der Waals surface area contributed by atoms with Crippen molar-refractivity contribution in [2.24, 2.45) is 0 Å². The highest BCUT2D eigenvalue weighted by atomic mass is 35.5. The van der Waals surface area contributed by atoms with Crippen LogP contribution in [0, 0.1) is 0 Å². The van der Waals surface area contributed by atoms with Crippen LogP contribution in [0.15, 0.2) is 54.6 Å². The van der Waals surface area contributed by atoms with E-state index in [0.717, 1.165) is 11.1 Å². The van der Waals surface area contributed by atoms with E-state index in [1.807, 2.05) is 54.6 Å². The lowest BCUT2D eigenvalue weighted by molar-refractivity contribution is 0.120. The number of hydrogen-bond donors (Lipinski definition) is 4. The summed E-state index contributed by atoms with van der Waals surface area (Å²) in [7, 11) is 0. The minimum Gasteiger partial charge on any atom is -0.465 e. The van der Waals surface area contributed by atoms with Crippen LogP contribution in [0.4, 0.5) is 4.79 Å². The molecule has 6 heteroatoms. The van der Waals surface area contributed by atoms with Crippen LogP contribution in [0.2, 0.25) is 5.02 Å². The summed E-state index contributed by atoms with van der Waals surface area (Å²) in [5, 5.41) is 25.2. The molecule has 4 N–H and O–H groups in total. The molecular weight excluding hydrogens is 328 g/mol. The van der Waals surface area contributed by atoms with Gasteiger partial charge in [-0.25, -0.2) is 4.79 Å². The first-order chi connectivity index (χ1) is 11.5. The summed E-state index contributed by atoms with van der Waals surface area (Å²) in [6, 6.07) is 16.9. The van der Waals surface area contributed by atoms with Gasteiger partial charge in [0.15, 0.2) is 0 Å². The van der Waals surface area contributed by atoms with E-state index in [0.29, 0.717) is 18.0 Å². The average molecular weight is 349 g/mol. The average Bonchev–Trinajstić information content (AvgIpc) is 2.58. The predicted octanol–water partition coefficient (Wildman–Crippen LogP) is 2.67. The zero-order valence-corrected chi connectivity index (χ0v) is 13.9. The summed E-state index contributed by atoms with van der Waals surface area (Å²) < 4.78 is 0. The normalized spacial score (nSPS) is 13.2. The monoisotopic (exact) mass is 348 g/mol. The van der Waals surface area contributed by atoms with Gasteiger partial charge in [0, 0.05) is 24.2 Å². The molecule has 0 aliphatic heterocycles. The van der Waals surface area contributed by atoms with Crippen molar-refractivity contribution in [1.82, 2.24) is 10.6 Å². The van der Waals surface area contributed by atoms with Gasteiger partial charge in [-0.2, -0.15) is 0 Å². The first kappa shape index (κ1) is 18.3. The number of rotatable bonds is 8. The predicted molar refractivity (Wildman–Crippen MR) is 94.3 cm³/mol. The maximum absolute atomic E-state index is 10.6. The Hall–Kier alpha value is -2.08. The Morgan fingerprint density at radius 3 is 2.33 bits per heavy atom. The van der Waals surface area contributed by atoms with E-state index in [2.05, 4.69) is 10.6 Å². The van der Waals surface area contributed by atoms with Gasteiger partial charge in [0.2, 0.25) is 0 Å². The second-order valence-electron chi connectivity index (χ2n) is 5.56. The standard InChI is InChI=1S/C18H21ClN2O3/c19-15-8-6-14(7-9-15)11-20-16(17(22)12-21-18(23)24)10-13-4-2-1-3-5-13/h1-9,16-17,20-22H,10-12H2,(H,23,24)/t16?,17-/m1/s1. The number of aliphatic hydroxyl groups excluding tert-OH is 1. The van der Waals surface area contributed by atoms with Gasteiger partial charge in [0.1, 0.15) is 0 Å². The zero-order chi connectivity index (χ0) is 17.4. The molecule has 0 aliphatic carbocycles. The highest BCUT2D eigenvalue weighted by Crippen LogP contribution is 2.11.